The minimum absolute atomic E-state index is 0.155. The first-order valence-corrected chi connectivity index (χ1v) is 11.8. The Morgan fingerprint density at radius 1 is 0.600 bits per heavy atom. The van der Waals surface area contributed by atoms with Crippen LogP contribution >= 0.6 is 0 Å². The van der Waals surface area contributed by atoms with E-state index in [1.807, 2.05) is 44.2 Å². The number of para-hydroxylation sites is 1. The number of nitrogens with zero attached hydrogens (tertiary/aromatic N) is 1. The third kappa shape index (κ3) is 4.95. The molecule has 5 rings (SSSR count). The second-order valence-corrected chi connectivity index (χ2v) is 8.85. The predicted octanol–water partition coefficient (Wildman–Crippen LogP) is 8.54. The summed E-state index contributed by atoms with van der Waals surface area (Å²) in [5.74, 6) is 0.185. The van der Waals surface area contributed by atoms with Gasteiger partial charge >= 0.3 is 5.97 Å². The van der Waals surface area contributed by atoms with Crippen molar-refractivity contribution in [3.05, 3.63) is 121 Å². The van der Waals surface area contributed by atoms with E-state index >= 15 is 0 Å². The summed E-state index contributed by atoms with van der Waals surface area (Å²) in [6, 6.07) is 41.6. The number of benzene rings is 5. The Balaban J connectivity index is 1.46. The molecule has 5 aromatic rings. The topological polar surface area (TPSA) is 29.5 Å². The third-order valence-corrected chi connectivity index (χ3v) is 6.01. The molecule has 5 aromatic carbocycles. The first-order chi connectivity index (χ1) is 17.1. The molecule has 0 radical (unpaired) electrons. The molecule has 3 heteroatoms. The normalized spacial score (nSPS) is 10.9. The number of carbonyl (C=O) groups excluding carboxylic acids is 1. The first kappa shape index (κ1) is 22.4. The van der Waals surface area contributed by atoms with Crippen molar-refractivity contribution in [2.24, 2.45) is 5.92 Å². The Morgan fingerprint density at radius 2 is 1.14 bits per heavy atom. The van der Waals surface area contributed by atoms with Gasteiger partial charge in [-0.2, -0.15) is 0 Å². The van der Waals surface area contributed by atoms with Gasteiger partial charge in [0, 0.05) is 17.1 Å². The third-order valence-electron chi connectivity index (χ3n) is 6.01. The van der Waals surface area contributed by atoms with Gasteiger partial charge in [-0.15, -0.1) is 0 Å². The average Bonchev–Trinajstić information content (AvgIpc) is 2.90. The molecule has 35 heavy (non-hydrogen) atoms. The number of ether oxygens (including phenoxy) is 1. The molecule has 0 aliphatic carbocycles. The number of fused-ring (bicyclic) bond motifs is 1. The van der Waals surface area contributed by atoms with Gasteiger partial charge < -0.3 is 9.64 Å². The molecule has 0 atom stereocenters. The van der Waals surface area contributed by atoms with Crippen LogP contribution in [0.2, 0.25) is 0 Å². The van der Waals surface area contributed by atoms with Crippen molar-refractivity contribution in [3.63, 3.8) is 0 Å². The summed E-state index contributed by atoms with van der Waals surface area (Å²) in [4.78, 5) is 14.1. The fourth-order valence-electron chi connectivity index (χ4n) is 4.09. The van der Waals surface area contributed by atoms with Crippen LogP contribution in [0.25, 0.3) is 21.9 Å². The maximum Gasteiger partial charge on any atom is 0.313 e. The van der Waals surface area contributed by atoms with Crippen LogP contribution in [0.1, 0.15) is 13.8 Å². The van der Waals surface area contributed by atoms with Crippen LogP contribution in [0.15, 0.2) is 121 Å². The molecule has 0 saturated heterocycles. The van der Waals surface area contributed by atoms with Gasteiger partial charge in [-0.1, -0.05) is 86.6 Å². The summed E-state index contributed by atoms with van der Waals surface area (Å²) < 4.78 is 5.40. The molecule has 0 fully saturated rings. The van der Waals surface area contributed by atoms with E-state index in [0.717, 1.165) is 28.2 Å². The van der Waals surface area contributed by atoms with Crippen LogP contribution in [0, 0.1) is 5.92 Å². The molecule has 0 N–H and O–H groups in total. The van der Waals surface area contributed by atoms with Gasteiger partial charge in [-0.3, -0.25) is 4.79 Å². The quantitative estimate of drug-likeness (QED) is 0.189. The van der Waals surface area contributed by atoms with Gasteiger partial charge in [-0.25, -0.2) is 0 Å². The number of esters is 1. The predicted molar refractivity (Wildman–Crippen MR) is 145 cm³/mol. The zero-order chi connectivity index (χ0) is 24.2. The molecule has 0 unspecified atom stereocenters. The zero-order valence-corrected chi connectivity index (χ0v) is 19.9. The summed E-state index contributed by atoms with van der Waals surface area (Å²) in [7, 11) is 0. The van der Waals surface area contributed by atoms with Gasteiger partial charge in [0.2, 0.25) is 0 Å². The van der Waals surface area contributed by atoms with E-state index in [1.165, 1.54) is 10.8 Å². The molecule has 0 bridgehead atoms. The summed E-state index contributed by atoms with van der Waals surface area (Å²) in [6.07, 6.45) is 0. The summed E-state index contributed by atoms with van der Waals surface area (Å²) in [5.41, 5.74) is 5.46. The second kappa shape index (κ2) is 9.86. The largest absolute Gasteiger partial charge is 0.426 e. The maximum absolute atomic E-state index is 11.8. The number of carbonyl (C=O) groups is 1. The molecule has 0 saturated carbocycles. The van der Waals surface area contributed by atoms with Crippen molar-refractivity contribution in [2.45, 2.75) is 13.8 Å². The monoisotopic (exact) mass is 457 g/mol. The highest BCUT2D eigenvalue weighted by Gasteiger charge is 2.13. The highest BCUT2D eigenvalue weighted by atomic mass is 16.5. The maximum atomic E-state index is 11.8. The van der Waals surface area contributed by atoms with Crippen LogP contribution in [-0.2, 0) is 4.79 Å². The minimum Gasteiger partial charge on any atom is -0.426 e. The van der Waals surface area contributed by atoms with E-state index in [2.05, 4.69) is 95.9 Å². The van der Waals surface area contributed by atoms with Gasteiger partial charge in [0.05, 0.1) is 5.92 Å². The Hall–Kier alpha value is -4.37. The highest BCUT2D eigenvalue weighted by molar-refractivity contribution is 5.89. The summed E-state index contributed by atoms with van der Waals surface area (Å²) in [6.45, 7) is 3.66. The number of rotatable bonds is 6. The molecule has 0 aromatic heterocycles. The first-order valence-electron chi connectivity index (χ1n) is 11.8. The van der Waals surface area contributed by atoms with Crippen LogP contribution in [-0.4, -0.2) is 5.97 Å². The van der Waals surface area contributed by atoms with Gasteiger partial charge in [-0.05, 0) is 70.4 Å². The van der Waals surface area contributed by atoms with Gasteiger partial charge in [0.1, 0.15) is 5.75 Å². The lowest BCUT2D eigenvalue weighted by Gasteiger charge is -2.26. The van der Waals surface area contributed by atoms with Crippen LogP contribution in [0.5, 0.6) is 5.75 Å². The van der Waals surface area contributed by atoms with Gasteiger partial charge in [0.25, 0.3) is 0 Å². The fraction of sp³-hybridized carbons (Fsp3) is 0.0938. The Labute approximate surface area is 206 Å². The molecule has 172 valence electrons. The average molecular weight is 458 g/mol. The molecule has 0 heterocycles. The zero-order valence-electron chi connectivity index (χ0n) is 19.9. The lowest BCUT2D eigenvalue weighted by molar-refractivity contribution is -0.137. The standard InChI is InChI=1S/C32H27NO2/c1-23(2)32(34)35-31-20-15-26(16-21-31)25-12-17-29(18-13-25)33(28-10-4-3-5-11-28)30-19-14-24-8-6-7-9-27(24)22-30/h3-23H,1-2H3. The van der Waals surface area contributed by atoms with E-state index in [0.29, 0.717) is 5.75 Å². The Kier molecular flexibility index (Phi) is 6.32. The van der Waals surface area contributed by atoms with Crippen molar-refractivity contribution in [1.82, 2.24) is 0 Å². The highest BCUT2D eigenvalue weighted by Crippen LogP contribution is 2.37. The lowest BCUT2D eigenvalue weighted by atomic mass is 10.0. The molecular formula is C32H27NO2. The summed E-state index contributed by atoms with van der Waals surface area (Å²) >= 11 is 0. The van der Waals surface area contributed by atoms with E-state index in [-0.39, 0.29) is 11.9 Å². The lowest BCUT2D eigenvalue weighted by Crippen LogP contribution is -2.14. The van der Waals surface area contributed by atoms with E-state index in [4.69, 9.17) is 4.74 Å². The molecule has 0 aliphatic heterocycles. The summed E-state index contributed by atoms with van der Waals surface area (Å²) in [5, 5.41) is 2.43. The molecule has 3 nitrogen and oxygen atoms in total. The fourth-order valence-corrected chi connectivity index (χ4v) is 4.09. The van der Waals surface area contributed by atoms with E-state index < -0.39 is 0 Å². The Morgan fingerprint density at radius 3 is 1.80 bits per heavy atom. The smallest absolute Gasteiger partial charge is 0.313 e. The van der Waals surface area contributed by atoms with Crippen molar-refractivity contribution >= 4 is 33.8 Å². The van der Waals surface area contributed by atoms with E-state index in [9.17, 15) is 4.79 Å². The number of anilines is 3. The molecular weight excluding hydrogens is 430 g/mol. The van der Waals surface area contributed by atoms with E-state index in [1.54, 1.807) is 0 Å². The molecule has 0 aliphatic rings. The van der Waals surface area contributed by atoms with Crippen molar-refractivity contribution < 1.29 is 9.53 Å². The van der Waals surface area contributed by atoms with Crippen LogP contribution in [0.3, 0.4) is 0 Å². The molecule has 0 spiro atoms. The Bertz CT molecular complexity index is 1440. The van der Waals surface area contributed by atoms with Crippen molar-refractivity contribution in [3.8, 4) is 16.9 Å². The van der Waals surface area contributed by atoms with Crippen molar-refractivity contribution in [2.75, 3.05) is 4.90 Å². The second-order valence-electron chi connectivity index (χ2n) is 8.85. The van der Waals surface area contributed by atoms with Crippen LogP contribution in [0.4, 0.5) is 17.1 Å². The van der Waals surface area contributed by atoms with Crippen molar-refractivity contribution in [1.29, 1.82) is 0 Å². The number of hydrogen-bond acceptors (Lipinski definition) is 3. The molecule has 0 amide bonds. The SMILES string of the molecule is CC(C)C(=O)Oc1ccc(-c2ccc(N(c3ccccc3)c3ccc4ccccc4c3)cc2)cc1. The minimum atomic E-state index is -0.225. The van der Waals surface area contributed by atoms with Gasteiger partial charge in [0.15, 0.2) is 0 Å². The number of hydrogen-bond donors (Lipinski definition) is 0. The van der Waals surface area contributed by atoms with Crippen LogP contribution < -0.4 is 9.64 Å².